The molecule has 8 nitrogen and oxygen atoms in total. The smallest absolute Gasteiger partial charge is 0.344 e. The molecule has 0 aliphatic carbocycles. The predicted molar refractivity (Wildman–Crippen MR) is 88.5 cm³/mol. The molecule has 27 heavy (non-hydrogen) atoms. The number of hydrogen-bond donors (Lipinski definition) is 1. The number of amides is 1. The van der Waals surface area contributed by atoms with Gasteiger partial charge in [0.1, 0.15) is 5.56 Å². The monoisotopic (exact) mass is 394 g/mol. The van der Waals surface area contributed by atoms with Gasteiger partial charge in [0.25, 0.3) is 11.5 Å². The lowest BCUT2D eigenvalue weighted by atomic mass is 10.3. The molecule has 0 aromatic carbocycles. The largest absolute Gasteiger partial charge is 0.417 e. The summed E-state index contributed by atoms with van der Waals surface area (Å²) in [6, 6.07) is 2.08. The molecule has 4 aromatic heterocycles. The van der Waals surface area contributed by atoms with E-state index in [1.807, 2.05) is 0 Å². The quantitative estimate of drug-likeness (QED) is 0.571. The number of fused-ring (bicyclic) bond motifs is 2. The molecule has 1 amide bonds. The Morgan fingerprint density at radius 2 is 2.04 bits per heavy atom. The second kappa shape index (κ2) is 6.16. The maximum absolute atomic E-state index is 12.9. The third-order valence-corrected chi connectivity index (χ3v) is 4.57. The van der Waals surface area contributed by atoms with Crippen LogP contribution in [-0.2, 0) is 12.7 Å². The maximum atomic E-state index is 12.9. The Balaban J connectivity index is 1.60. The average Bonchev–Trinajstić information content (AvgIpc) is 3.26. The summed E-state index contributed by atoms with van der Waals surface area (Å²) in [5.41, 5.74) is -1.39. The second-order valence-corrected chi connectivity index (χ2v) is 6.35. The molecule has 0 aliphatic heterocycles. The van der Waals surface area contributed by atoms with Crippen molar-refractivity contribution in [3.8, 4) is 0 Å². The molecule has 12 heteroatoms. The highest BCUT2D eigenvalue weighted by Crippen LogP contribution is 2.29. The third kappa shape index (κ3) is 3.03. The number of alkyl halides is 3. The Bertz CT molecular complexity index is 1230. The number of rotatable bonds is 3. The van der Waals surface area contributed by atoms with Gasteiger partial charge < -0.3 is 5.32 Å². The van der Waals surface area contributed by atoms with Gasteiger partial charge in [-0.1, -0.05) is 0 Å². The first-order chi connectivity index (χ1) is 12.8. The fourth-order valence-corrected chi connectivity index (χ4v) is 3.14. The van der Waals surface area contributed by atoms with Gasteiger partial charge in [-0.05, 0) is 12.1 Å². The zero-order chi connectivity index (χ0) is 19.2. The van der Waals surface area contributed by atoms with E-state index in [9.17, 15) is 22.8 Å². The summed E-state index contributed by atoms with van der Waals surface area (Å²) in [5.74, 6) is -0.619. The third-order valence-electron chi connectivity index (χ3n) is 3.79. The Hall–Kier alpha value is -3.28. The van der Waals surface area contributed by atoms with Gasteiger partial charge in [0.15, 0.2) is 16.4 Å². The highest BCUT2D eigenvalue weighted by Gasteiger charge is 2.31. The van der Waals surface area contributed by atoms with Crippen LogP contribution < -0.4 is 10.9 Å². The fourth-order valence-electron chi connectivity index (χ4n) is 2.46. The molecular weight excluding hydrogens is 385 g/mol. The highest BCUT2D eigenvalue weighted by atomic mass is 32.1. The molecule has 0 radical (unpaired) electrons. The number of nitrogens with zero attached hydrogens (tertiary/aromatic N) is 5. The number of pyridine rings is 1. The van der Waals surface area contributed by atoms with Gasteiger partial charge in [-0.25, -0.2) is 4.98 Å². The van der Waals surface area contributed by atoms with E-state index in [0.29, 0.717) is 4.96 Å². The Labute approximate surface area is 151 Å². The summed E-state index contributed by atoms with van der Waals surface area (Å²) in [5, 5.41) is 11.7. The molecule has 0 saturated heterocycles. The van der Waals surface area contributed by atoms with Crippen molar-refractivity contribution in [2.45, 2.75) is 12.7 Å². The van der Waals surface area contributed by atoms with Gasteiger partial charge in [-0.3, -0.25) is 18.4 Å². The lowest BCUT2D eigenvalue weighted by Gasteiger charge is -2.08. The second-order valence-electron chi connectivity index (χ2n) is 5.48. The molecule has 0 unspecified atom stereocenters. The molecule has 0 spiro atoms. The van der Waals surface area contributed by atoms with Crippen LogP contribution in [0.2, 0.25) is 0 Å². The minimum absolute atomic E-state index is 0.0918. The summed E-state index contributed by atoms with van der Waals surface area (Å²) in [6.07, 6.45) is -1.01. The van der Waals surface area contributed by atoms with E-state index in [-0.39, 0.29) is 23.6 Å². The average molecular weight is 394 g/mol. The summed E-state index contributed by atoms with van der Waals surface area (Å²) in [7, 11) is 0. The normalized spacial score (nSPS) is 12.0. The number of carbonyl (C=O) groups is 1. The SMILES string of the molecule is O=C(NCc1nnc2ccc(C(F)(F)F)cn12)c1cnc2sccn2c1=O. The standard InChI is InChI=1S/C15H9F3N6O2S/c16-15(17,18)8-1-2-10-21-22-11(24(10)7-8)6-19-12(25)9-5-20-14-23(13(9)26)3-4-27-14/h1-5,7H,6H2,(H,19,25). The van der Waals surface area contributed by atoms with E-state index >= 15 is 0 Å². The first-order valence-corrected chi connectivity index (χ1v) is 8.36. The van der Waals surface area contributed by atoms with Crippen LogP contribution in [0.25, 0.3) is 10.6 Å². The van der Waals surface area contributed by atoms with Crippen LogP contribution in [0.3, 0.4) is 0 Å². The van der Waals surface area contributed by atoms with Crippen molar-refractivity contribution in [1.82, 2.24) is 29.3 Å². The van der Waals surface area contributed by atoms with Gasteiger partial charge in [0.2, 0.25) is 0 Å². The van der Waals surface area contributed by atoms with Gasteiger partial charge in [-0.15, -0.1) is 21.5 Å². The van der Waals surface area contributed by atoms with Crippen molar-refractivity contribution >= 4 is 27.9 Å². The number of hydrogen-bond acceptors (Lipinski definition) is 6. The Morgan fingerprint density at radius 1 is 1.22 bits per heavy atom. The molecular formula is C15H9F3N6O2S. The van der Waals surface area contributed by atoms with Crippen LogP contribution in [0.5, 0.6) is 0 Å². The number of carbonyl (C=O) groups excluding carboxylic acids is 1. The van der Waals surface area contributed by atoms with Crippen LogP contribution in [0, 0.1) is 0 Å². The van der Waals surface area contributed by atoms with Crippen molar-refractivity contribution in [2.24, 2.45) is 0 Å². The van der Waals surface area contributed by atoms with E-state index in [4.69, 9.17) is 0 Å². The lowest BCUT2D eigenvalue weighted by Crippen LogP contribution is -2.31. The van der Waals surface area contributed by atoms with Crippen molar-refractivity contribution < 1.29 is 18.0 Å². The summed E-state index contributed by atoms with van der Waals surface area (Å²) < 4.78 is 41.0. The van der Waals surface area contributed by atoms with E-state index in [0.717, 1.165) is 22.9 Å². The fraction of sp³-hybridized carbons (Fsp3) is 0.133. The van der Waals surface area contributed by atoms with Crippen LogP contribution in [0.4, 0.5) is 13.2 Å². The molecule has 138 valence electrons. The first kappa shape index (κ1) is 17.1. The molecule has 0 atom stereocenters. The number of aromatic nitrogens is 5. The summed E-state index contributed by atoms with van der Waals surface area (Å²) >= 11 is 1.24. The maximum Gasteiger partial charge on any atom is 0.417 e. The molecule has 0 aliphatic rings. The topological polar surface area (TPSA) is 93.7 Å². The zero-order valence-electron chi connectivity index (χ0n) is 13.3. The van der Waals surface area contributed by atoms with E-state index in [1.54, 1.807) is 5.38 Å². The molecule has 0 fully saturated rings. The van der Waals surface area contributed by atoms with Gasteiger partial charge in [-0.2, -0.15) is 13.2 Å². The number of halogens is 3. The molecule has 1 N–H and O–H groups in total. The number of thiazole rings is 1. The molecule has 0 bridgehead atoms. The molecule has 0 saturated carbocycles. The molecule has 4 rings (SSSR count). The van der Waals surface area contributed by atoms with Gasteiger partial charge in [0, 0.05) is 24.0 Å². The van der Waals surface area contributed by atoms with Crippen LogP contribution >= 0.6 is 11.3 Å². The lowest BCUT2D eigenvalue weighted by molar-refractivity contribution is -0.137. The van der Waals surface area contributed by atoms with Gasteiger partial charge in [0.05, 0.1) is 12.1 Å². The highest BCUT2D eigenvalue weighted by molar-refractivity contribution is 7.15. The number of nitrogens with one attached hydrogen (secondary N) is 1. The van der Waals surface area contributed by atoms with E-state index in [1.165, 1.54) is 28.0 Å². The summed E-state index contributed by atoms with van der Waals surface area (Å²) in [4.78, 5) is 29.0. The van der Waals surface area contributed by atoms with Gasteiger partial charge >= 0.3 is 6.18 Å². The molecule has 4 aromatic rings. The summed E-state index contributed by atoms with van der Waals surface area (Å²) in [6.45, 7) is -0.215. The Kier molecular flexibility index (Phi) is 3.91. The molecule has 4 heterocycles. The van der Waals surface area contributed by atoms with Crippen molar-refractivity contribution in [3.63, 3.8) is 0 Å². The van der Waals surface area contributed by atoms with Crippen molar-refractivity contribution in [2.75, 3.05) is 0 Å². The first-order valence-electron chi connectivity index (χ1n) is 7.48. The van der Waals surface area contributed by atoms with E-state index in [2.05, 4.69) is 20.5 Å². The minimum atomic E-state index is -4.52. The Morgan fingerprint density at radius 3 is 2.81 bits per heavy atom. The van der Waals surface area contributed by atoms with Crippen LogP contribution in [-0.4, -0.2) is 29.9 Å². The minimum Gasteiger partial charge on any atom is -0.344 e. The van der Waals surface area contributed by atoms with Crippen LogP contribution in [0.15, 0.2) is 40.9 Å². The zero-order valence-corrected chi connectivity index (χ0v) is 14.1. The predicted octanol–water partition coefficient (Wildman–Crippen LogP) is 1.75. The van der Waals surface area contributed by atoms with Crippen molar-refractivity contribution in [3.05, 3.63) is 63.4 Å². The van der Waals surface area contributed by atoms with E-state index < -0.39 is 23.2 Å². The van der Waals surface area contributed by atoms with Crippen LogP contribution in [0.1, 0.15) is 21.7 Å². The van der Waals surface area contributed by atoms with Crippen molar-refractivity contribution in [1.29, 1.82) is 0 Å².